The number of thiazole rings is 1. The Labute approximate surface area is 118 Å². The number of carbonyl (C=O) groups is 1. The number of nitrogens with zero attached hydrogens (tertiary/aromatic N) is 1. The standard InChI is InChI=1S/C11H8ClN3OS2/c12-8-4-2-1-3-7(8)9(16)14-10(17)15-11-13-5-6-18-11/h1-6H,(H2,13,14,15,16,17). The maximum absolute atomic E-state index is 11.9. The van der Waals surface area contributed by atoms with Gasteiger partial charge in [-0.15, -0.1) is 11.3 Å². The summed E-state index contributed by atoms with van der Waals surface area (Å²) in [6.07, 6.45) is 1.64. The average molecular weight is 298 g/mol. The van der Waals surface area contributed by atoms with Crippen LogP contribution in [-0.2, 0) is 0 Å². The SMILES string of the molecule is O=C(NC(=S)Nc1nccs1)c1ccccc1Cl. The van der Waals surface area contributed by atoms with Gasteiger partial charge in [-0.25, -0.2) is 4.98 Å². The Morgan fingerprint density at radius 1 is 1.39 bits per heavy atom. The van der Waals surface area contributed by atoms with Crippen LogP contribution in [0, 0.1) is 0 Å². The number of rotatable bonds is 2. The first-order valence-electron chi connectivity index (χ1n) is 4.93. The third-order valence-electron chi connectivity index (χ3n) is 2.00. The molecule has 0 fully saturated rings. The largest absolute Gasteiger partial charge is 0.308 e. The number of amides is 1. The predicted molar refractivity (Wildman–Crippen MR) is 77.3 cm³/mol. The Bertz CT molecular complexity index is 571. The zero-order chi connectivity index (χ0) is 13.0. The minimum absolute atomic E-state index is 0.190. The van der Waals surface area contributed by atoms with Crippen LogP contribution in [0.3, 0.4) is 0 Å². The predicted octanol–water partition coefficient (Wildman–Crippen LogP) is 2.92. The van der Waals surface area contributed by atoms with Gasteiger partial charge in [0.25, 0.3) is 5.91 Å². The molecule has 0 aliphatic carbocycles. The second kappa shape index (κ2) is 5.90. The normalized spacial score (nSPS) is 9.83. The van der Waals surface area contributed by atoms with Crippen molar-refractivity contribution in [1.29, 1.82) is 0 Å². The number of nitrogens with one attached hydrogen (secondary N) is 2. The van der Waals surface area contributed by atoms with Crippen molar-refractivity contribution in [1.82, 2.24) is 10.3 Å². The van der Waals surface area contributed by atoms with E-state index in [1.807, 2.05) is 0 Å². The van der Waals surface area contributed by atoms with Crippen LogP contribution in [0.2, 0.25) is 5.02 Å². The van der Waals surface area contributed by atoms with Crippen molar-refractivity contribution in [2.45, 2.75) is 0 Å². The molecule has 2 aromatic rings. The molecule has 92 valence electrons. The van der Waals surface area contributed by atoms with E-state index >= 15 is 0 Å². The van der Waals surface area contributed by atoms with Gasteiger partial charge < -0.3 is 5.32 Å². The number of hydrogen-bond donors (Lipinski definition) is 2. The van der Waals surface area contributed by atoms with Gasteiger partial charge in [0.15, 0.2) is 10.2 Å². The Hall–Kier alpha value is -1.50. The van der Waals surface area contributed by atoms with E-state index in [2.05, 4.69) is 15.6 Å². The van der Waals surface area contributed by atoms with Crippen molar-refractivity contribution < 1.29 is 4.79 Å². The molecule has 0 aliphatic rings. The van der Waals surface area contributed by atoms with Gasteiger partial charge in [0.1, 0.15) is 0 Å². The Morgan fingerprint density at radius 2 is 2.17 bits per heavy atom. The van der Waals surface area contributed by atoms with Crippen LogP contribution in [0.4, 0.5) is 5.13 Å². The van der Waals surface area contributed by atoms with E-state index < -0.39 is 0 Å². The van der Waals surface area contributed by atoms with E-state index in [4.69, 9.17) is 23.8 Å². The Morgan fingerprint density at radius 3 is 2.83 bits per heavy atom. The molecule has 0 saturated carbocycles. The van der Waals surface area contributed by atoms with Gasteiger partial charge in [0.2, 0.25) is 0 Å². The summed E-state index contributed by atoms with van der Waals surface area (Å²) in [5, 5.41) is 8.35. The molecular weight excluding hydrogens is 290 g/mol. The Kier molecular flexibility index (Phi) is 4.24. The van der Waals surface area contributed by atoms with Crippen LogP contribution in [0.5, 0.6) is 0 Å². The number of benzene rings is 1. The van der Waals surface area contributed by atoms with E-state index in [0.29, 0.717) is 15.7 Å². The quantitative estimate of drug-likeness (QED) is 0.837. The van der Waals surface area contributed by atoms with Crippen molar-refractivity contribution in [2.75, 3.05) is 5.32 Å². The van der Waals surface area contributed by atoms with Crippen molar-refractivity contribution in [3.05, 3.63) is 46.4 Å². The van der Waals surface area contributed by atoms with Gasteiger partial charge in [-0.1, -0.05) is 23.7 Å². The summed E-state index contributed by atoms with van der Waals surface area (Å²) in [5.74, 6) is -0.352. The zero-order valence-corrected chi connectivity index (χ0v) is 11.4. The maximum Gasteiger partial charge on any atom is 0.258 e. The van der Waals surface area contributed by atoms with Gasteiger partial charge in [0, 0.05) is 11.6 Å². The maximum atomic E-state index is 11.9. The molecule has 4 nitrogen and oxygen atoms in total. The number of hydrogen-bond acceptors (Lipinski definition) is 4. The molecular formula is C11H8ClN3OS2. The van der Waals surface area contributed by atoms with E-state index in [0.717, 1.165) is 0 Å². The van der Waals surface area contributed by atoms with Gasteiger partial charge in [-0.05, 0) is 24.4 Å². The lowest BCUT2D eigenvalue weighted by Gasteiger charge is -2.07. The molecule has 2 rings (SSSR count). The summed E-state index contributed by atoms with van der Waals surface area (Å²) in [4.78, 5) is 15.9. The molecule has 0 bridgehead atoms. The molecule has 7 heteroatoms. The summed E-state index contributed by atoms with van der Waals surface area (Å²) < 4.78 is 0. The molecule has 1 amide bonds. The molecule has 0 spiro atoms. The van der Waals surface area contributed by atoms with Gasteiger partial charge >= 0.3 is 0 Å². The molecule has 1 heterocycles. The first-order valence-corrected chi connectivity index (χ1v) is 6.60. The van der Waals surface area contributed by atoms with Crippen LogP contribution >= 0.6 is 35.2 Å². The van der Waals surface area contributed by atoms with Gasteiger partial charge in [-0.2, -0.15) is 0 Å². The summed E-state index contributed by atoms with van der Waals surface area (Å²) in [7, 11) is 0. The van der Waals surface area contributed by atoms with Crippen LogP contribution < -0.4 is 10.6 Å². The minimum atomic E-state index is -0.352. The molecule has 0 saturated heterocycles. The van der Waals surface area contributed by atoms with E-state index in [-0.39, 0.29) is 11.0 Å². The molecule has 2 N–H and O–H groups in total. The molecule has 1 aromatic heterocycles. The van der Waals surface area contributed by atoms with Crippen LogP contribution in [0.25, 0.3) is 0 Å². The first kappa shape index (κ1) is 12.9. The smallest absolute Gasteiger partial charge is 0.258 e. The van der Waals surface area contributed by atoms with Crippen LogP contribution in [-0.4, -0.2) is 16.0 Å². The van der Waals surface area contributed by atoms with Crippen molar-refractivity contribution >= 4 is 51.3 Å². The van der Waals surface area contributed by atoms with E-state index in [1.54, 1.807) is 35.8 Å². The highest BCUT2D eigenvalue weighted by molar-refractivity contribution is 7.80. The topological polar surface area (TPSA) is 54.0 Å². The number of aromatic nitrogens is 1. The fraction of sp³-hybridized carbons (Fsp3) is 0. The number of halogens is 1. The van der Waals surface area contributed by atoms with E-state index in [9.17, 15) is 4.79 Å². The van der Waals surface area contributed by atoms with Crippen LogP contribution in [0.1, 0.15) is 10.4 Å². The first-order chi connectivity index (χ1) is 8.66. The molecule has 0 radical (unpaired) electrons. The monoisotopic (exact) mass is 297 g/mol. The molecule has 18 heavy (non-hydrogen) atoms. The highest BCUT2D eigenvalue weighted by atomic mass is 35.5. The average Bonchev–Trinajstić information content (AvgIpc) is 2.82. The summed E-state index contributed by atoms with van der Waals surface area (Å²) in [6, 6.07) is 6.76. The second-order valence-electron chi connectivity index (χ2n) is 3.23. The van der Waals surface area contributed by atoms with Crippen molar-refractivity contribution in [3.8, 4) is 0 Å². The van der Waals surface area contributed by atoms with Crippen molar-refractivity contribution in [3.63, 3.8) is 0 Å². The molecule has 0 unspecified atom stereocenters. The summed E-state index contributed by atoms with van der Waals surface area (Å²) in [6.45, 7) is 0. The van der Waals surface area contributed by atoms with Crippen molar-refractivity contribution in [2.24, 2.45) is 0 Å². The molecule has 1 aromatic carbocycles. The molecule has 0 aliphatic heterocycles. The third kappa shape index (κ3) is 3.25. The Balaban J connectivity index is 2.00. The second-order valence-corrected chi connectivity index (χ2v) is 4.94. The number of thiocarbonyl (C=S) groups is 1. The number of anilines is 1. The minimum Gasteiger partial charge on any atom is -0.308 e. The zero-order valence-electron chi connectivity index (χ0n) is 9.01. The van der Waals surface area contributed by atoms with Crippen LogP contribution in [0.15, 0.2) is 35.8 Å². The number of carbonyl (C=O) groups excluding carboxylic acids is 1. The third-order valence-corrected chi connectivity index (χ3v) is 3.22. The highest BCUT2D eigenvalue weighted by Gasteiger charge is 2.11. The van der Waals surface area contributed by atoms with Gasteiger partial charge in [0.05, 0.1) is 10.6 Å². The molecule has 0 atom stereocenters. The van der Waals surface area contributed by atoms with E-state index in [1.165, 1.54) is 11.3 Å². The fourth-order valence-corrected chi connectivity index (χ4v) is 2.24. The lowest BCUT2D eigenvalue weighted by atomic mass is 10.2. The van der Waals surface area contributed by atoms with Gasteiger partial charge in [-0.3, -0.25) is 10.1 Å². The summed E-state index contributed by atoms with van der Waals surface area (Å²) >= 11 is 12.3. The lowest BCUT2D eigenvalue weighted by molar-refractivity contribution is 0.0978. The highest BCUT2D eigenvalue weighted by Crippen LogP contribution is 2.15. The summed E-state index contributed by atoms with van der Waals surface area (Å²) in [5.41, 5.74) is 0.377. The lowest BCUT2D eigenvalue weighted by Crippen LogP contribution is -2.34. The fourth-order valence-electron chi connectivity index (χ4n) is 1.23.